The number of aliphatic hydroxyl groups is 2. The van der Waals surface area contributed by atoms with Gasteiger partial charge in [-0.15, -0.1) is 0 Å². The fourth-order valence-electron chi connectivity index (χ4n) is 4.80. The van der Waals surface area contributed by atoms with Gasteiger partial charge in [-0.1, -0.05) is 18.2 Å². The number of likely N-dealkylation sites (tertiary alicyclic amines) is 1. The molecule has 1 aromatic heterocycles. The van der Waals surface area contributed by atoms with Gasteiger partial charge < -0.3 is 19.8 Å². The highest BCUT2D eigenvalue weighted by Gasteiger charge is 2.48. The van der Waals surface area contributed by atoms with E-state index in [2.05, 4.69) is 9.88 Å². The molecule has 2 fully saturated rings. The zero-order valence-corrected chi connectivity index (χ0v) is 18.1. The minimum atomic E-state index is -0.561. The molecule has 1 saturated heterocycles. The van der Waals surface area contributed by atoms with E-state index in [1.165, 1.54) is 12.3 Å². The van der Waals surface area contributed by atoms with E-state index in [-0.39, 0.29) is 12.4 Å². The van der Waals surface area contributed by atoms with Crippen LogP contribution in [0.3, 0.4) is 0 Å². The number of ether oxygens (including phenoxy) is 1. The molecule has 1 unspecified atom stereocenters. The van der Waals surface area contributed by atoms with Crippen molar-refractivity contribution in [3.05, 3.63) is 60.7 Å². The van der Waals surface area contributed by atoms with Crippen LogP contribution in [0.25, 0.3) is 21.9 Å². The molecule has 2 N–H and O–H groups in total. The average Bonchev–Trinajstić information content (AvgIpc) is 3.56. The second-order valence-electron chi connectivity index (χ2n) is 9.26. The molecule has 1 aliphatic heterocycles. The Bertz CT molecular complexity index is 1090. The summed E-state index contributed by atoms with van der Waals surface area (Å²) in [4.78, 5) is 6.18. The van der Waals surface area contributed by atoms with Gasteiger partial charge in [0, 0.05) is 18.3 Å². The number of fused-ring (bicyclic) bond motifs is 1. The summed E-state index contributed by atoms with van der Waals surface area (Å²) in [5.74, 6) is 0.781. The predicted molar refractivity (Wildman–Crippen MR) is 122 cm³/mol. The van der Waals surface area contributed by atoms with E-state index in [1.807, 2.05) is 36.4 Å². The van der Waals surface area contributed by atoms with Crippen molar-refractivity contribution in [2.24, 2.45) is 5.92 Å². The molecule has 1 aliphatic carbocycles. The van der Waals surface area contributed by atoms with Gasteiger partial charge in [-0.2, -0.15) is 0 Å². The van der Waals surface area contributed by atoms with Crippen LogP contribution in [0, 0.1) is 11.7 Å². The van der Waals surface area contributed by atoms with Crippen molar-refractivity contribution in [1.82, 2.24) is 9.88 Å². The third-order valence-electron chi connectivity index (χ3n) is 6.87. The first-order valence-corrected chi connectivity index (χ1v) is 11.4. The number of rotatable bonds is 7. The first-order chi connectivity index (χ1) is 15.5. The van der Waals surface area contributed by atoms with Gasteiger partial charge in [-0.3, -0.25) is 4.98 Å². The molecular formula is C26H29FN2O3. The van der Waals surface area contributed by atoms with Crippen LogP contribution in [-0.2, 0) is 0 Å². The lowest BCUT2D eigenvalue weighted by Gasteiger charge is -2.35. The number of pyridine rings is 1. The van der Waals surface area contributed by atoms with Crippen LogP contribution in [0.4, 0.5) is 4.39 Å². The topological polar surface area (TPSA) is 65.8 Å². The molecule has 5 nitrogen and oxygen atoms in total. The van der Waals surface area contributed by atoms with Crippen molar-refractivity contribution in [2.45, 2.75) is 37.4 Å². The van der Waals surface area contributed by atoms with E-state index in [1.54, 1.807) is 6.20 Å². The summed E-state index contributed by atoms with van der Waals surface area (Å²) in [5.41, 5.74) is 1.26. The highest BCUT2D eigenvalue weighted by Crippen LogP contribution is 2.46. The van der Waals surface area contributed by atoms with E-state index in [4.69, 9.17) is 4.74 Å². The van der Waals surface area contributed by atoms with Crippen LogP contribution in [0.1, 0.15) is 25.7 Å². The van der Waals surface area contributed by atoms with Crippen LogP contribution in [0.2, 0.25) is 0 Å². The highest BCUT2D eigenvalue weighted by molar-refractivity contribution is 5.88. The number of aromatic nitrogens is 1. The Morgan fingerprint density at radius 2 is 1.78 bits per heavy atom. The summed E-state index contributed by atoms with van der Waals surface area (Å²) in [6.45, 7) is 2.67. The van der Waals surface area contributed by atoms with Crippen molar-refractivity contribution in [3.63, 3.8) is 0 Å². The number of nitrogens with zero attached hydrogens (tertiary/aromatic N) is 2. The minimum Gasteiger partial charge on any atom is -0.491 e. The molecule has 6 heteroatoms. The predicted octanol–water partition coefficient (Wildman–Crippen LogP) is 4.02. The zero-order chi connectivity index (χ0) is 22.1. The van der Waals surface area contributed by atoms with Crippen molar-refractivity contribution in [3.8, 4) is 16.9 Å². The van der Waals surface area contributed by atoms with Crippen LogP contribution in [0.15, 0.2) is 54.9 Å². The normalized spacial score (nSPS) is 19.7. The van der Waals surface area contributed by atoms with Gasteiger partial charge >= 0.3 is 0 Å². The van der Waals surface area contributed by atoms with Gasteiger partial charge in [-0.05, 0) is 85.3 Å². The Morgan fingerprint density at radius 1 is 1.03 bits per heavy atom. The lowest BCUT2D eigenvalue weighted by atomic mass is 9.89. The second-order valence-corrected chi connectivity index (χ2v) is 9.26. The lowest BCUT2D eigenvalue weighted by molar-refractivity contribution is 0.0175. The smallest absolute Gasteiger partial charge is 0.142 e. The van der Waals surface area contributed by atoms with E-state index >= 15 is 0 Å². The van der Waals surface area contributed by atoms with Crippen molar-refractivity contribution < 1.29 is 19.3 Å². The first kappa shape index (κ1) is 21.3. The Kier molecular flexibility index (Phi) is 5.84. The summed E-state index contributed by atoms with van der Waals surface area (Å²) >= 11 is 0. The van der Waals surface area contributed by atoms with Crippen LogP contribution in [-0.4, -0.2) is 58.0 Å². The fraction of sp³-hybridized carbons (Fsp3) is 0.423. The molecule has 0 radical (unpaired) electrons. The van der Waals surface area contributed by atoms with E-state index in [0.717, 1.165) is 60.7 Å². The first-order valence-electron chi connectivity index (χ1n) is 11.4. The average molecular weight is 437 g/mol. The van der Waals surface area contributed by atoms with Gasteiger partial charge in [0.25, 0.3) is 0 Å². The molecule has 2 aliphatic rings. The molecule has 1 saturated carbocycles. The van der Waals surface area contributed by atoms with Gasteiger partial charge in [-0.25, -0.2) is 4.39 Å². The molecule has 5 rings (SSSR count). The monoisotopic (exact) mass is 436 g/mol. The van der Waals surface area contributed by atoms with Gasteiger partial charge in [0.1, 0.15) is 24.3 Å². The SMILES string of the molecule is OC(COc1ccc2cc(-c3cncc(F)c3)ccc2c1)CN1CCC(C2(O)CC2)CC1. The van der Waals surface area contributed by atoms with E-state index < -0.39 is 11.7 Å². The molecule has 0 amide bonds. The maximum absolute atomic E-state index is 13.5. The Hall–Kier alpha value is -2.54. The van der Waals surface area contributed by atoms with E-state index in [0.29, 0.717) is 18.2 Å². The standard InChI is InChI=1S/C26H29FN2O3/c27-23-12-21(14-28-15-23)19-1-2-20-13-25(4-3-18(20)11-19)32-17-24(30)16-29-9-5-22(6-10-29)26(31)7-8-26/h1-4,11-15,22,24,30-31H,5-10,16-17H2. The summed E-state index contributed by atoms with van der Waals surface area (Å²) in [6.07, 6.45) is 6.19. The van der Waals surface area contributed by atoms with Gasteiger partial charge in [0.2, 0.25) is 0 Å². The van der Waals surface area contributed by atoms with Crippen molar-refractivity contribution >= 4 is 10.8 Å². The molecule has 32 heavy (non-hydrogen) atoms. The molecule has 168 valence electrons. The number of halogens is 1. The Labute approximate surface area is 187 Å². The molecule has 2 aromatic carbocycles. The summed E-state index contributed by atoms with van der Waals surface area (Å²) < 4.78 is 19.3. The quantitative estimate of drug-likeness (QED) is 0.586. The highest BCUT2D eigenvalue weighted by atomic mass is 19.1. The molecule has 0 spiro atoms. The number of aliphatic hydroxyl groups excluding tert-OH is 1. The minimum absolute atomic E-state index is 0.239. The fourth-order valence-corrected chi connectivity index (χ4v) is 4.80. The van der Waals surface area contributed by atoms with Crippen LogP contribution < -0.4 is 4.74 Å². The summed E-state index contributed by atoms with van der Waals surface area (Å²) in [5, 5.41) is 22.8. The van der Waals surface area contributed by atoms with Crippen molar-refractivity contribution in [2.75, 3.05) is 26.2 Å². The molecular weight excluding hydrogens is 407 g/mol. The van der Waals surface area contributed by atoms with Gasteiger partial charge in [0.15, 0.2) is 0 Å². The number of benzene rings is 2. The number of hydrogen-bond acceptors (Lipinski definition) is 5. The van der Waals surface area contributed by atoms with Gasteiger partial charge in [0.05, 0.1) is 11.8 Å². The van der Waals surface area contributed by atoms with Crippen LogP contribution >= 0.6 is 0 Å². The third-order valence-corrected chi connectivity index (χ3v) is 6.87. The molecule has 3 aromatic rings. The Morgan fingerprint density at radius 3 is 2.53 bits per heavy atom. The maximum atomic E-state index is 13.5. The number of β-amino-alcohol motifs (C(OH)–C–C–N with tert-alkyl or cyclic N) is 1. The lowest BCUT2D eigenvalue weighted by Crippen LogP contribution is -2.43. The van der Waals surface area contributed by atoms with Crippen molar-refractivity contribution in [1.29, 1.82) is 0 Å². The van der Waals surface area contributed by atoms with Crippen LogP contribution in [0.5, 0.6) is 5.75 Å². The maximum Gasteiger partial charge on any atom is 0.142 e. The molecule has 0 bridgehead atoms. The summed E-state index contributed by atoms with van der Waals surface area (Å²) in [6, 6.07) is 13.2. The number of hydrogen-bond donors (Lipinski definition) is 2. The molecule has 1 atom stereocenters. The second kappa shape index (κ2) is 8.77. The zero-order valence-electron chi connectivity index (χ0n) is 18.1. The Balaban J connectivity index is 1.15. The molecule has 2 heterocycles. The summed E-state index contributed by atoms with van der Waals surface area (Å²) in [7, 11) is 0. The van der Waals surface area contributed by atoms with E-state index in [9.17, 15) is 14.6 Å². The number of piperidine rings is 1. The third kappa shape index (κ3) is 4.77. The largest absolute Gasteiger partial charge is 0.491 e.